The fourth-order valence-electron chi connectivity index (χ4n) is 7.58. The van der Waals surface area contributed by atoms with Crippen molar-refractivity contribution in [1.82, 2.24) is 0 Å². The molecule has 0 saturated heterocycles. The van der Waals surface area contributed by atoms with Gasteiger partial charge in [-0.1, -0.05) is 13.8 Å². The molecule has 0 aliphatic heterocycles. The van der Waals surface area contributed by atoms with E-state index in [9.17, 15) is 14.7 Å². The van der Waals surface area contributed by atoms with Gasteiger partial charge >= 0.3 is 0 Å². The molecule has 4 aliphatic rings. The first-order valence-corrected chi connectivity index (χ1v) is 9.98. The van der Waals surface area contributed by atoms with E-state index in [2.05, 4.69) is 13.8 Å². The van der Waals surface area contributed by atoms with Crippen molar-refractivity contribution in [2.75, 3.05) is 0 Å². The molecule has 4 saturated carbocycles. The number of fused-ring (bicyclic) bond motifs is 5. The summed E-state index contributed by atoms with van der Waals surface area (Å²) in [7, 11) is 0. The lowest BCUT2D eigenvalue weighted by Crippen LogP contribution is -2.57. The number of ketones is 2. The van der Waals surface area contributed by atoms with Crippen LogP contribution in [0.4, 0.5) is 0 Å². The summed E-state index contributed by atoms with van der Waals surface area (Å²) >= 11 is 0. The van der Waals surface area contributed by atoms with Crippen LogP contribution in [0.1, 0.15) is 72.1 Å². The van der Waals surface area contributed by atoms with Gasteiger partial charge in [0, 0.05) is 18.3 Å². The molecule has 134 valence electrons. The lowest BCUT2D eigenvalue weighted by molar-refractivity contribution is -0.161. The number of Topliss-reactive ketones (excluding diaryl/α,β-unsaturated/α-hetero) is 2. The van der Waals surface area contributed by atoms with E-state index in [0.29, 0.717) is 35.7 Å². The zero-order chi connectivity index (χ0) is 17.3. The van der Waals surface area contributed by atoms with Gasteiger partial charge in [-0.15, -0.1) is 0 Å². The molecule has 4 fully saturated rings. The van der Waals surface area contributed by atoms with Crippen molar-refractivity contribution in [3.8, 4) is 0 Å². The van der Waals surface area contributed by atoms with Crippen molar-refractivity contribution in [3.63, 3.8) is 0 Å². The largest absolute Gasteiger partial charge is 0.393 e. The van der Waals surface area contributed by atoms with E-state index in [4.69, 9.17) is 0 Å². The molecule has 24 heavy (non-hydrogen) atoms. The highest BCUT2D eigenvalue weighted by Crippen LogP contribution is 2.66. The Labute approximate surface area is 145 Å². The Balaban J connectivity index is 1.68. The van der Waals surface area contributed by atoms with E-state index < -0.39 is 0 Å². The first-order valence-electron chi connectivity index (χ1n) is 9.98. The molecule has 0 bridgehead atoms. The Morgan fingerprint density at radius 1 is 1.04 bits per heavy atom. The minimum absolute atomic E-state index is 0.0417. The van der Waals surface area contributed by atoms with Gasteiger partial charge in [0.25, 0.3) is 0 Å². The van der Waals surface area contributed by atoms with E-state index in [1.54, 1.807) is 6.92 Å². The van der Waals surface area contributed by atoms with Crippen LogP contribution in [0.3, 0.4) is 0 Å². The average Bonchev–Trinajstić information content (AvgIpc) is 2.86. The molecular weight excluding hydrogens is 300 g/mol. The second kappa shape index (κ2) is 5.40. The van der Waals surface area contributed by atoms with Gasteiger partial charge in [0.2, 0.25) is 0 Å². The van der Waals surface area contributed by atoms with Crippen molar-refractivity contribution < 1.29 is 14.7 Å². The van der Waals surface area contributed by atoms with Crippen molar-refractivity contribution >= 4 is 11.6 Å². The maximum absolute atomic E-state index is 13.1. The summed E-state index contributed by atoms with van der Waals surface area (Å²) in [4.78, 5) is 25.3. The molecule has 0 amide bonds. The molecule has 1 N–H and O–H groups in total. The summed E-state index contributed by atoms with van der Waals surface area (Å²) in [6, 6.07) is 0. The number of rotatable bonds is 1. The van der Waals surface area contributed by atoms with Gasteiger partial charge in [0.05, 0.1) is 6.10 Å². The molecule has 4 aliphatic carbocycles. The van der Waals surface area contributed by atoms with Crippen molar-refractivity contribution in [3.05, 3.63) is 0 Å². The number of aliphatic hydroxyl groups excluding tert-OH is 1. The second-order valence-electron chi connectivity index (χ2n) is 9.83. The van der Waals surface area contributed by atoms with Gasteiger partial charge < -0.3 is 5.11 Å². The van der Waals surface area contributed by atoms with Crippen LogP contribution in [0, 0.1) is 40.4 Å². The number of carbonyl (C=O) groups excluding carboxylic acids is 2. The Morgan fingerprint density at radius 2 is 1.71 bits per heavy atom. The van der Waals surface area contributed by atoms with Crippen molar-refractivity contribution in [2.45, 2.75) is 78.2 Å². The molecule has 0 aromatic heterocycles. The maximum Gasteiger partial charge on any atom is 0.136 e. The quantitative estimate of drug-likeness (QED) is 0.795. The zero-order valence-corrected chi connectivity index (χ0v) is 15.4. The Bertz CT molecular complexity index is 569. The smallest absolute Gasteiger partial charge is 0.136 e. The number of carbonyl (C=O) groups is 2. The molecule has 0 spiro atoms. The van der Waals surface area contributed by atoms with Gasteiger partial charge in [-0.05, 0) is 80.5 Å². The normalized spacial score (nSPS) is 53.9. The third kappa shape index (κ3) is 2.12. The molecule has 0 aromatic carbocycles. The Kier molecular flexibility index (Phi) is 3.77. The Hall–Kier alpha value is -0.700. The molecular formula is C21H32O3. The summed E-state index contributed by atoms with van der Waals surface area (Å²) < 4.78 is 0. The van der Waals surface area contributed by atoms with Gasteiger partial charge in [-0.25, -0.2) is 0 Å². The fraction of sp³-hybridized carbons (Fsp3) is 0.905. The van der Waals surface area contributed by atoms with Crippen LogP contribution in [0.15, 0.2) is 0 Å². The van der Waals surface area contributed by atoms with Gasteiger partial charge in [-0.2, -0.15) is 0 Å². The predicted molar refractivity (Wildman–Crippen MR) is 92.3 cm³/mol. The van der Waals surface area contributed by atoms with Crippen molar-refractivity contribution in [2.24, 2.45) is 40.4 Å². The standard InChI is InChI=1S/C21H32O3/c1-12(22)15-4-5-16-19-17(7-9-21(15,16)3)20(2)8-6-14(23)10-13(20)11-18(19)24/h13-17,19,23H,4-11H2,1-3H3/t13-,14-,15-,16+,17+,19+,20+,21-/m1/s1. The van der Waals surface area contributed by atoms with E-state index in [-0.39, 0.29) is 28.8 Å². The highest BCUT2D eigenvalue weighted by Gasteiger charge is 2.63. The Morgan fingerprint density at radius 3 is 2.42 bits per heavy atom. The average molecular weight is 332 g/mol. The maximum atomic E-state index is 13.1. The van der Waals surface area contributed by atoms with Crippen LogP contribution in [-0.4, -0.2) is 22.8 Å². The number of hydrogen-bond acceptors (Lipinski definition) is 3. The molecule has 3 nitrogen and oxygen atoms in total. The van der Waals surface area contributed by atoms with E-state index in [1.807, 2.05) is 0 Å². The van der Waals surface area contributed by atoms with Gasteiger partial charge in [-0.3, -0.25) is 9.59 Å². The first kappa shape index (κ1) is 16.8. The van der Waals surface area contributed by atoms with E-state index in [0.717, 1.165) is 44.9 Å². The molecule has 0 heterocycles. The third-order valence-corrected chi connectivity index (χ3v) is 8.93. The minimum atomic E-state index is -0.213. The summed E-state index contributed by atoms with van der Waals surface area (Å²) in [5.41, 5.74) is 0.257. The summed E-state index contributed by atoms with van der Waals surface area (Å²) in [5, 5.41) is 10.1. The van der Waals surface area contributed by atoms with Crippen LogP contribution in [0.5, 0.6) is 0 Å². The monoisotopic (exact) mass is 332 g/mol. The highest BCUT2D eigenvalue weighted by molar-refractivity contribution is 5.84. The van der Waals surface area contributed by atoms with Crippen LogP contribution in [-0.2, 0) is 9.59 Å². The molecule has 0 aromatic rings. The lowest BCUT2D eigenvalue weighted by atomic mass is 9.44. The second-order valence-corrected chi connectivity index (χ2v) is 9.83. The predicted octanol–water partition coefficient (Wildman–Crippen LogP) is 3.77. The van der Waals surface area contributed by atoms with Crippen molar-refractivity contribution in [1.29, 1.82) is 0 Å². The SMILES string of the molecule is CC(=O)[C@H]1CC[C@H]2[C@@H]3C(=O)C[C@H]4C[C@H](O)CC[C@]4(C)[C@H]3CC[C@]12C. The first-order chi connectivity index (χ1) is 11.3. The summed E-state index contributed by atoms with van der Waals surface area (Å²) in [5.74, 6) is 2.34. The fourth-order valence-corrected chi connectivity index (χ4v) is 7.58. The lowest BCUT2D eigenvalue weighted by Gasteiger charge is -2.59. The number of hydrogen-bond donors (Lipinski definition) is 1. The van der Waals surface area contributed by atoms with Crippen LogP contribution < -0.4 is 0 Å². The molecule has 3 heteroatoms. The third-order valence-electron chi connectivity index (χ3n) is 8.93. The van der Waals surface area contributed by atoms with Crippen LogP contribution in [0.2, 0.25) is 0 Å². The number of aliphatic hydroxyl groups is 1. The summed E-state index contributed by atoms with van der Waals surface area (Å²) in [6.07, 6.45) is 7.43. The van der Waals surface area contributed by atoms with Crippen LogP contribution in [0.25, 0.3) is 0 Å². The van der Waals surface area contributed by atoms with Crippen LogP contribution >= 0.6 is 0 Å². The van der Waals surface area contributed by atoms with Gasteiger partial charge in [0.15, 0.2) is 0 Å². The van der Waals surface area contributed by atoms with E-state index >= 15 is 0 Å². The van der Waals surface area contributed by atoms with E-state index in [1.165, 1.54) is 0 Å². The summed E-state index contributed by atoms with van der Waals surface area (Å²) in [6.45, 7) is 6.43. The van der Waals surface area contributed by atoms with Gasteiger partial charge in [0.1, 0.15) is 11.6 Å². The highest BCUT2D eigenvalue weighted by atomic mass is 16.3. The molecule has 8 atom stereocenters. The molecule has 4 rings (SSSR count). The minimum Gasteiger partial charge on any atom is -0.393 e. The zero-order valence-electron chi connectivity index (χ0n) is 15.4. The molecule has 0 radical (unpaired) electrons. The topological polar surface area (TPSA) is 54.4 Å². The molecule has 0 unspecified atom stereocenters.